The molecule has 0 saturated carbocycles. The molecule has 11 nitrogen and oxygen atoms in total. The summed E-state index contributed by atoms with van der Waals surface area (Å²) in [6.07, 6.45) is 2.88. The van der Waals surface area contributed by atoms with Crippen LogP contribution in [0.2, 0.25) is 0 Å². The van der Waals surface area contributed by atoms with Crippen molar-refractivity contribution in [2.75, 3.05) is 13.1 Å². The number of carboxylic acid groups (broad SMARTS) is 2. The molecule has 0 aromatic heterocycles. The number of hydrogen-bond donors (Lipinski definition) is 5. The molecule has 0 aliphatic heterocycles. The third-order valence-electron chi connectivity index (χ3n) is 4.75. The average Bonchev–Trinajstić information content (AvgIpc) is 2.93. The number of carbonyl (C=O) groups excluding carboxylic acids is 1. The molecule has 1 atom stereocenters. The maximum atomic E-state index is 10.2. The smallest absolute Gasteiger partial charge is 0.320 e. The minimum absolute atomic E-state index is 0.00407. The number of rotatable bonds is 10. The van der Waals surface area contributed by atoms with E-state index in [4.69, 9.17) is 27.4 Å². The zero-order valence-corrected chi connectivity index (χ0v) is 21.6. The predicted molar refractivity (Wildman–Crippen MR) is 149 cm³/mol. The van der Waals surface area contributed by atoms with Crippen molar-refractivity contribution in [1.29, 1.82) is 0 Å². The van der Waals surface area contributed by atoms with E-state index in [0.29, 0.717) is 31.2 Å². The zero-order valence-electron chi connectivity index (χ0n) is 21.6. The van der Waals surface area contributed by atoms with Crippen LogP contribution in [-0.2, 0) is 22.4 Å². The van der Waals surface area contributed by atoms with Gasteiger partial charge >= 0.3 is 11.9 Å². The topological polar surface area (TPSA) is 213 Å². The van der Waals surface area contributed by atoms with Crippen molar-refractivity contribution in [3.63, 3.8) is 0 Å². The van der Waals surface area contributed by atoms with Crippen LogP contribution in [0.15, 0.2) is 84.9 Å². The minimum Gasteiger partial charge on any atom is -0.481 e. The summed E-state index contributed by atoms with van der Waals surface area (Å²) in [5.74, 6) is -1.74. The van der Waals surface area contributed by atoms with Crippen molar-refractivity contribution < 1.29 is 29.5 Å². The van der Waals surface area contributed by atoms with E-state index in [1.54, 1.807) is 12.1 Å². The first-order valence-corrected chi connectivity index (χ1v) is 12.0. The lowest BCUT2D eigenvalue weighted by atomic mass is 10.2. The van der Waals surface area contributed by atoms with Gasteiger partial charge in [-0.15, -0.1) is 0 Å². The Morgan fingerprint density at radius 1 is 0.846 bits per heavy atom. The first kappa shape index (κ1) is 34.6. The fraction of sp³-hybridized carbons (Fsp3) is 0.250. The van der Waals surface area contributed by atoms with Gasteiger partial charge in [-0.25, -0.2) is 0 Å². The number of nitrogens with zero attached hydrogens (tertiary/aromatic N) is 1. The molecular formula is C28H36N4O7. The van der Waals surface area contributed by atoms with Crippen molar-refractivity contribution >= 4 is 23.9 Å². The van der Waals surface area contributed by atoms with E-state index in [9.17, 15) is 24.5 Å². The van der Waals surface area contributed by atoms with Crippen LogP contribution in [0.5, 0.6) is 0 Å². The highest BCUT2D eigenvalue weighted by Crippen LogP contribution is 2.10. The Kier molecular flexibility index (Phi) is 19.2. The van der Waals surface area contributed by atoms with Gasteiger partial charge in [-0.1, -0.05) is 60.7 Å². The highest BCUT2D eigenvalue weighted by atomic mass is 16.6. The van der Waals surface area contributed by atoms with E-state index in [1.807, 2.05) is 36.4 Å². The van der Waals surface area contributed by atoms with E-state index < -0.39 is 22.9 Å². The molecule has 0 spiro atoms. The largest absolute Gasteiger partial charge is 0.481 e. The van der Waals surface area contributed by atoms with Crippen LogP contribution < -0.4 is 17.2 Å². The second-order valence-corrected chi connectivity index (χ2v) is 7.92. The van der Waals surface area contributed by atoms with Crippen molar-refractivity contribution in [3.05, 3.63) is 112 Å². The summed E-state index contributed by atoms with van der Waals surface area (Å²) in [7, 11) is 0. The number of non-ortho nitro benzene ring substituents is 1. The summed E-state index contributed by atoms with van der Waals surface area (Å²) in [6, 6.07) is 24.1. The first-order valence-electron chi connectivity index (χ1n) is 12.0. The van der Waals surface area contributed by atoms with Gasteiger partial charge in [0.05, 0.1) is 11.3 Å². The number of aliphatic carboxylic acids is 2. The number of hydrogen-bond acceptors (Lipinski definition) is 8. The summed E-state index contributed by atoms with van der Waals surface area (Å²) in [5.41, 5.74) is 18.2. The minimum atomic E-state index is -0.955. The van der Waals surface area contributed by atoms with Gasteiger partial charge in [-0.2, -0.15) is 0 Å². The van der Waals surface area contributed by atoms with Crippen molar-refractivity contribution in [3.8, 4) is 0 Å². The van der Waals surface area contributed by atoms with E-state index in [1.165, 1.54) is 29.8 Å². The quantitative estimate of drug-likeness (QED) is 0.144. The van der Waals surface area contributed by atoms with Gasteiger partial charge in [0.1, 0.15) is 12.3 Å². The lowest BCUT2D eigenvalue weighted by Crippen LogP contribution is -2.30. The SMILES string of the molecule is NCCCC(N)C(=O)O.NCCc1ccccc1.O=C(O)Cc1ccccc1.O=Cc1ccc([N+](=O)[O-])cc1. The highest BCUT2D eigenvalue weighted by Gasteiger charge is 2.08. The Bertz CT molecular complexity index is 1100. The van der Waals surface area contributed by atoms with Gasteiger partial charge in [0, 0.05) is 17.7 Å². The number of nitrogens with two attached hydrogens (primary N) is 3. The summed E-state index contributed by atoms with van der Waals surface area (Å²) in [6.45, 7) is 1.24. The molecule has 0 heterocycles. The van der Waals surface area contributed by atoms with Crippen LogP contribution in [0, 0.1) is 10.1 Å². The molecule has 1 unspecified atom stereocenters. The lowest BCUT2D eigenvalue weighted by Gasteiger charge is -2.02. The first-order chi connectivity index (χ1) is 18.6. The summed E-state index contributed by atoms with van der Waals surface area (Å²) in [4.78, 5) is 39.9. The molecule has 0 aliphatic rings. The molecule has 0 amide bonds. The Morgan fingerprint density at radius 2 is 1.36 bits per heavy atom. The normalized spacial score (nSPS) is 10.1. The van der Waals surface area contributed by atoms with E-state index >= 15 is 0 Å². The highest BCUT2D eigenvalue weighted by molar-refractivity contribution is 5.75. The zero-order chi connectivity index (χ0) is 29.5. The number of carbonyl (C=O) groups is 3. The van der Waals surface area contributed by atoms with Gasteiger partial charge < -0.3 is 27.4 Å². The lowest BCUT2D eigenvalue weighted by molar-refractivity contribution is -0.384. The monoisotopic (exact) mass is 540 g/mol. The third kappa shape index (κ3) is 18.4. The molecule has 210 valence electrons. The standard InChI is InChI=1S/C8H11N.C8H8O2.C7H5NO3.C5H12N2O2/c9-7-6-8-4-2-1-3-5-8;9-8(10)6-7-4-2-1-3-5-7;9-5-6-1-3-7(4-2-6)8(10)11;6-3-1-2-4(7)5(8)9/h1-5H,6-7,9H2;1-5H,6H2,(H,9,10);1-5H;4H,1-3,6-7H2,(H,8,9). The van der Waals surface area contributed by atoms with Crippen LogP contribution in [0.1, 0.15) is 34.3 Å². The Hall–Kier alpha value is -4.45. The van der Waals surface area contributed by atoms with Crippen LogP contribution in [0.25, 0.3) is 0 Å². The molecule has 0 radical (unpaired) electrons. The second-order valence-electron chi connectivity index (χ2n) is 7.92. The van der Waals surface area contributed by atoms with Crippen LogP contribution in [-0.4, -0.2) is 52.5 Å². The molecule has 0 saturated heterocycles. The van der Waals surface area contributed by atoms with Gasteiger partial charge in [0.25, 0.3) is 5.69 Å². The van der Waals surface area contributed by atoms with Gasteiger partial charge in [-0.05, 0) is 55.6 Å². The fourth-order valence-electron chi connectivity index (χ4n) is 2.72. The number of benzene rings is 3. The molecule has 3 aromatic carbocycles. The second kappa shape index (κ2) is 21.6. The van der Waals surface area contributed by atoms with Crippen molar-refractivity contribution in [2.45, 2.75) is 31.7 Å². The van der Waals surface area contributed by atoms with Crippen LogP contribution in [0.4, 0.5) is 5.69 Å². The van der Waals surface area contributed by atoms with Gasteiger partial charge in [0.2, 0.25) is 0 Å². The van der Waals surface area contributed by atoms with E-state index in [0.717, 1.165) is 18.5 Å². The molecule has 8 N–H and O–H groups in total. The maximum Gasteiger partial charge on any atom is 0.320 e. The summed E-state index contributed by atoms with van der Waals surface area (Å²) >= 11 is 0. The Morgan fingerprint density at radius 3 is 1.74 bits per heavy atom. The molecule has 3 aromatic rings. The maximum absolute atomic E-state index is 10.2. The number of nitro benzene ring substituents is 1. The Labute approximate surface area is 227 Å². The number of nitro groups is 1. The van der Waals surface area contributed by atoms with Crippen molar-refractivity contribution in [2.24, 2.45) is 17.2 Å². The van der Waals surface area contributed by atoms with Crippen molar-refractivity contribution in [1.82, 2.24) is 0 Å². The summed E-state index contributed by atoms with van der Waals surface area (Å²) in [5, 5.41) is 26.7. The molecule has 0 fully saturated rings. The van der Waals surface area contributed by atoms with E-state index in [-0.39, 0.29) is 12.1 Å². The number of carboxylic acids is 2. The van der Waals surface area contributed by atoms with Gasteiger partial charge in [-0.3, -0.25) is 24.5 Å². The third-order valence-corrected chi connectivity index (χ3v) is 4.75. The number of aldehydes is 1. The summed E-state index contributed by atoms with van der Waals surface area (Å²) < 4.78 is 0. The average molecular weight is 541 g/mol. The molecule has 11 heteroatoms. The van der Waals surface area contributed by atoms with E-state index in [2.05, 4.69) is 12.1 Å². The van der Waals surface area contributed by atoms with Crippen LogP contribution in [0.3, 0.4) is 0 Å². The molecular weight excluding hydrogens is 504 g/mol. The Balaban J connectivity index is 0.000000496. The molecule has 0 aliphatic carbocycles. The van der Waals surface area contributed by atoms with Crippen LogP contribution >= 0.6 is 0 Å². The molecule has 39 heavy (non-hydrogen) atoms. The van der Waals surface area contributed by atoms with Gasteiger partial charge in [0.15, 0.2) is 0 Å². The molecule has 0 bridgehead atoms. The molecule has 3 rings (SSSR count). The fourth-order valence-corrected chi connectivity index (χ4v) is 2.72. The predicted octanol–water partition coefficient (Wildman–Crippen LogP) is 3.05.